The van der Waals surface area contributed by atoms with Gasteiger partial charge in [-0.3, -0.25) is 4.79 Å². The first kappa shape index (κ1) is 22.1. The summed E-state index contributed by atoms with van der Waals surface area (Å²) < 4.78 is 2.28. The Morgan fingerprint density at radius 2 is 1.77 bits per heavy atom. The van der Waals surface area contributed by atoms with Gasteiger partial charge in [-0.25, -0.2) is 0 Å². The minimum atomic E-state index is 0.261. The molecule has 0 amide bonds. The van der Waals surface area contributed by atoms with E-state index in [4.69, 9.17) is 0 Å². The molecular formula is C28H35NO. The van der Waals surface area contributed by atoms with E-state index in [9.17, 15) is 4.79 Å². The van der Waals surface area contributed by atoms with Crippen LogP contribution in [-0.4, -0.2) is 10.4 Å². The third-order valence-electron chi connectivity index (χ3n) is 6.35. The minimum Gasteiger partial charge on any atom is -0.344 e. The Morgan fingerprint density at radius 1 is 1.03 bits per heavy atom. The molecule has 0 N–H and O–H groups in total. The number of hydrogen-bond donors (Lipinski definition) is 0. The fourth-order valence-corrected chi connectivity index (χ4v) is 4.75. The monoisotopic (exact) mass is 401 g/mol. The van der Waals surface area contributed by atoms with E-state index in [2.05, 4.69) is 72.8 Å². The van der Waals surface area contributed by atoms with E-state index in [0.717, 1.165) is 32.1 Å². The third kappa shape index (κ3) is 4.92. The van der Waals surface area contributed by atoms with Crippen LogP contribution in [0.3, 0.4) is 0 Å². The summed E-state index contributed by atoms with van der Waals surface area (Å²) in [4.78, 5) is 12.1. The number of aryl methyl sites for hydroxylation is 1. The number of rotatable bonds is 6. The van der Waals surface area contributed by atoms with Crippen molar-refractivity contribution in [1.82, 2.24) is 4.57 Å². The fraction of sp³-hybridized carbons (Fsp3) is 0.393. The van der Waals surface area contributed by atoms with Gasteiger partial charge >= 0.3 is 0 Å². The van der Waals surface area contributed by atoms with Crippen molar-refractivity contribution in [1.29, 1.82) is 0 Å². The molecule has 1 fully saturated rings. The molecule has 2 aromatic carbocycles. The van der Waals surface area contributed by atoms with E-state index < -0.39 is 0 Å². The molecule has 1 aliphatic rings. The molecule has 4 rings (SSSR count). The highest BCUT2D eigenvalue weighted by Crippen LogP contribution is 2.33. The van der Waals surface area contributed by atoms with Gasteiger partial charge in [-0.15, -0.1) is 6.58 Å². The van der Waals surface area contributed by atoms with Crippen LogP contribution < -0.4 is 0 Å². The van der Waals surface area contributed by atoms with Gasteiger partial charge in [0.1, 0.15) is 5.78 Å². The lowest BCUT2D eigenvalue weighted by Crippen LogP contribution is -2.22. The van der Waals surface area contributed by atoms with E-state index in [1.54, 1.807) is 6.08 Å². The van der Waals surface area contributed by atoms with Crippen LogP contribution in [0.4, 0.5) is 0 Å². The topological polar surface area (TPSA) is 22.0 Å². The highest BCUT2D eigenvalue weighted by atomic mass is 16.1. The predicted octanol–water partition coefficient (Wildman–Crippen LogP) is 7.37. The number of aromatic nitrogens is 1. The zero-order valence-electron chi connectivity index (χ0n) is 18.7. The SMILES string of the molecule is C=CCC(=O)C1CCC(Cc2cccc(-c3cc4ccccc4n3C)c2)CC1.CC. The number of benzene rings is 2. The number of fused-ring (bicyclic) bond motifs is 1. The molecule has 0 aliphatic heterocycles. The van der Waals surface area contributed by atoms with E-state index in [0.29, 0.717) is 18.1 Å². The van der Waals surface area contributed by atoms with E-state index in [1.807, 2.05) is 13.8 Å². The molecule has 2 nitrogen and oxygen atoms in total. The number of Topliss-reactive ketones (excluding diaryl/α,β-unsaturated/α-hetero) is 1. The molecule has 2 heteroatoms. The molecule has 1 heterocycles. The van der Waals surface area contributed by atoms with Crippen molar-refractivity contribution in [3.05, 3.63) is 72.8 Å². The summed E-state index contributed by atoms with van der Waals surface area (Å²) in [6.07, 6.45) is 7.79. The zero-order valence-corrected chi connectivity index (χ0v) is 18.7. The van der Waals surface area contributed by atoms with Crippen molar-refractivity contribution >= 4 is 16.7 Å². The Morgan fingerprint density at radius 3 is 2.47 bits per heavy atom. The average Bonchev–Trinajstić information content (AvgIpc) is 3.13. The first-order valence-electron chi connectivity index (χ1n) is 11.4. The van der Waals surface area contributed by atoms with Crippen LogP contribution in [0.15, 0.2) is 67.3 Å². The van der Waals surface area contributed by atoms with Crippen LogP contribution in [0.25, 0.3) is 22.2 Å². The second-order valence-electron chi connectivity index (χ2n) is 8.23. The van der Waals surface area contributed by atoms with E-state index in [-0.39, 0.29) is 5.92 Å². The molecule has 0 atom stereocenters. The first-order valence-corrected chi connectivity index (χ1v) is 11.4. The number of carbonyl (C=O) groups is 1. The number of carbonyl (C=O) groups excluding carboxylic acids is 1. The second kappa shape index (κ2) is 10.4. The van der Waals surface area contributed by atoms with E-state index in [1.165, 1.54) is 27.7 Å². The Hall–Kier alpha value is -2.61. The quantitative estimate of drug-likeness (QED) is 0.395. The number of ketones is 1. The molecule has 1 saturated carbocycles. The van der Waals surface area contributed by atoms with Crippen molar-refractivity contribution < 1.29 is 4.79 Å². The molecule has 158 valence electrons. The van der Waals surface area contributed by atoms with Gasteiger partial charge in [0.05, 0.1) is 0 Å². The molecular weight excluding hydrogens is 366 g/mol. The summed E-state index contributed by atoms with van der Waals surface area (Å²) in [7, 11) is 2.14. The van der Waals surface area contributed by atoms with Crippen LogP contribution >= 0.6 is 0 Å². The number of nitrogens with zero attached hydrogens (tertiary/aromatic N) is 1. The maximum atomic E-state index is 12.1. The minimum absolute atomic E-state index is 0.261. The van der Waals surface area contributed by atoms with Crippen LogP contribution in [0.2, 0.25) is 0 Å². The van der Waals surface area contributed by atoms with Gasteiger partial charge in [0, 0.05) is 36.0 Å². The predicted molar refractivity (Wildman–Crippen MR) is 129 cm³/mol. The lowest BCUT2D eigenvalue weighted by atomic mass is 9.77. The van der Waals surface area contributed by atoms with Crippen LogP contribution in [0, 0.1) is 11.8 Å². The molecule has 0 spiro atoms. The Balaban J connectivity index is 0.00000124. The highest BCUT2D eigenvalue weighted by Gasteiger charge is 2.25. The zero-order chi connectivity index (χ0) is 21.5. The van der Waals surface area contributed by atoms with Crippen LogP contribution in [0.1, 0.15) is 51.5 Å². The molecule has 1 aromatic heterocycles. The fourth-order valence-electron chi connectivity index (χ4n) is 4.75. The standard InChI is InChI=1S/C26H29NO.C2H6/c1-3-7-26(28)21-14-12-19(13-15-21)16-20-8-6-10-22(17-20)25-18-23-9-4-5-11-24(23)27(25)2;1-2/h3-6,8-11,17-19,21H,1,7,12-16H2,2H3;1-2H3. The summed E-state index contributed by atoms with van der Waals surface area (Å²) in [6.45, 7) is 7.70. The van der Waals surface area contributed by atoms with Gasteiger partial charge in [-0.2, -0.15) is 0 Å². The van der Waals surface area contributed by atoms with Crippen LogP contribution in [-0.2, 0) is 18.3 Å². The highest BCUT2D eigenvalue weighted by molar-refractivity contribution is 5.87. The molecule has 0 unspecified atom stereocenters. The summed E-state index contributed by atoms with van der Waals surface area (Å²) >= 11 is 0. The molecule has 0 radical (unpaired) electrons. The van der Waals surface area contributed by atoms with Gasteiger partial charge in [-0.1, -0.05) is 56.3 Å². The molecule has 0 saturated heterocycles. The Labute approximate surface area is 181 Å². The summed E-state index contributed by atoms with van der Waals surface area (Å²) in [5.41, 5.74) is 5.22. The van der Waals surface area contributed by atoms with Crippen molar-refractivity contribution in [3.8, 4) is 11.3 Å². The Bertz CT molecular complexity index is 989. The van der Waals surface area contributed by atoms with Gasteiger partial charge in [-0.05, 0) is 67.3 Å². The molecule has 3 aromatic rings. The normalized spacial score (nSPS) is 18.5. The molecule has 0 bridgehead atoms. The van der Waals surface area contributed by atoms with Gasteiger partial charge in [0.2, 0.25) is 0 Å². The summed E-state index contributed by atoms with van der Waals surface area (Å²) in [5, 5.41) is 1.29. The number of hydrogen-bond acceptors (Lipinski definition) is 1. The van der Waals surface area contributed by atoms with Crippen molar-refractivity contribution in [3.63, 3.8) is 0 Å². The maximum absolute atomic E-state index is 12.1. The lowest BCUT2D eigenvalue weighted by Gasteiger charge is -2.27. The lowest BCUT2D eigenvalue weighted by molar-refractivity contribution is -0.123. The van der Waals surface area contributed by atoms with Crippen molar-refractivity contribution in [2.45, 2.75) is 52.4 Å². The van der Waals surface area contributed by atoms with Crippen molar-refractivity contribution in [2.24, 2.45) is 18.9 Å². The Kier molecular flexibility index (Phi) is 7.68. The van der Waals surface area contributed by atoms with Gasteiger partial charge in [0.15, 0.2) is 0 Å². The van der Waals surface area contributed by atoms with Gasteiger partial charge in [0.25, 0.3) is 0 Å². The summed E-state index contributed by atoms with van der Waals surface area (Å²) in [6, 6.07) is 19.8. The smallest absolute Gasteiger partial charge is 0.139 e. The average molecular weight is 402 g/mol. The number of allylic oxidation sites excluding steroid dienone is 1. The maximum Gasteiger partial charge on any atom is 0.139 e. The summed E-state index contributed by atoms with van der Waals surface area (Å²) in [5.74, 6) is 1.33. The van der Waals surface area contributed by atoms with Gasteiger partial charge < -0.3 is 4.57 Å². The van der Waals surface area contributed by atoms with E-state index >= 15 is 0 Å². The largest absolute Gasteiger partial charge is 0.344 e. The molecule has 30 heavy (non-hydrogen) atoms. The molecule has 1 aliphatic carbocycles. The number of para-hydroxylation sites is 1. The first-order chi connectivity index (χ1) is 14.7. The van der Waals surface area contributed by atoms with Crippen LogP contribution in [0.5, 0.6) is 0 Å². The third-order valence-corrected chi connectivity index (χ3v) is 6.35. The second-order valence-corrected chi connectivity index (χ2v) is 8.23. The van der Waals surface area contributed by atoms with Crippen molar-refractivity contribution in [2.75, 3.05) is 0 Å².